The smallest absolute Gasteiger partial charge is 0.329 e. The Morgan fingerprint density at radius 3 is 2.64 bits per heavy atom. The van der Waals surface area contributed by atoms with Crippen LogP contribution in [0.5, 0.6) is 5.75 Å². The number of carboxylic acid groups (broad SMARTS) is 1. The maximum absolute atomic E-state index is 11.7. The number of rotatable bonds is 8. The highest BCUT2D eigenvalue weighted by Crippen LogP contribution is 2.35. The van der Waals surface area contributed by atoms with E-state index in [2.05, 4.69) is 5.32 Å². The van der Waals surface area contributed by atoms with Crippen molar-refractivity contribution in [2.75, 3.05) is 6.61 Å². The maximum atomic E-state index is 11.7. The average molecular weight is 305 g/mol. The molecule has 1 aliphatic carbocycles. The zero-order valence-electron chi connectivity index (χ0n) is 12.4. The first-order chi connectivity index (χ1) is 10.4. The predicted octanol–water partition coefficient (Wildman–Crippen LogP) is 1.78. The van der Waals surface area contributed by atoms with Crippen LogP contribution in [0.4, 0.5) is 0 Å². The van der Waals surface area contributed by atoms with Crippen molar-refractivity contribution < 1.29 is 24.2 Å². The van der Waals surface area contributed by atoms with E-state index in [4.69, 9.17) is 9.84 Å². The van der Waals surface area contributed by atoms with Gasteiger partial charge in [-0.3, -0.25) is 9.59 Å². The molecule has 0 atom stereocenters. The van der Waals surface area contributed by atoms with Crippen molar-refractivity contribution in [3.05, 3.63) is 29.8 Å². The van der Waals surface area contributed by atoms with Crippen molar-refractivity contribution >= 4 is 17.7 Å². The minimum absolute atomic E-state index is 0.0340. The summed E-state index contributed by atoms with van der Waals surface area (Å²) in [5.41, 5.74) is -0.458. The number of hydrogen-bond donors (Lipinski definition) is 2. The molecule has 0 heterocycles. The summed E-state index contributed by atoms with van der Waals surface area (Å²) in [6.45, 7) is 1.81. The summed E-state index contributed by atoms with van der Waals surface area (Å²) < 4.78 is 5.49. The Hall–Kier alpha value is -2.37. The van der Waals surface area contributed by atoms with Crippen molar-refractivity contribution in [2.45, 2.75) is 38.1 Å². The van der Waals surface area contributed by atoms with Gasteiger partial charge in [-0.2, -0.15) is 0 Å². The Morgan fingerprint density at radius 1 is 1.32 bits per heavy atom. The van der Waals surface area contributed by atoms with Gasteiger partial charge in [0, 0.05) is 12.0 Å². The number of carbonyl (C=O) groups is 3. The van der Waals surface area contributed by atoms with E-state index in [0.717, 1.165) is 0 Å². The summed E-state index contributed by atoms with van der Waals surface area (Å²) >= 11 is 0. The van der Waals surface area contributed by atoms with Crippen LogP contribution >= 0.6 is 0 Å². The van der Waals surface area contributed by atoms with E-state index < -0.39 is 11.5 Å². The third-order valence-electron chi connectivity index (χ3n) is 3.60. The number of amides is 1. The molecule has 0 aliphatic heterocycles. The molecule has 6 heteroatoms. The van der Waals surface area contributed by atoms with Gasteiger partial charge in [-0.1, -0.05) is 12.1 Å². The Morgan fingerprint density at radius 2 is 2.05 bits per heavy atom. The number of benzene rings is 1. The SMILES string of the molecule is CC(=O)c1cccc(OCCCC(=O)NC2(C(=O)O)CC2)c1. The zero-order valence-corrected chi connectivity index (χ0v) is 12.4. The minimum atomic E-state index is -1.03. The molecular formula is C16H19NO5. The quantitative estimate of drug-likeness (QED) is 0.564. The lowest BCUT2D eigenvalue weighted by atomic mass is 10.1. The number of nitrogens with one attached hydrogen (secondary N) is 1. The first-order valence-electron chi connectivity index (χ1n) is 7.21. The number of hydrogen-bond acceptors (Lipinski definition) is 4. The Labute approximate surface area is 128 Å². The topological polar surface area (TPSA) is 92.7 Å². The Balaban J connectivity index is 1.71. The predicted molar refractivity (Wildman–Crippen MR) is 78.9 cm³/mol. The van der Waals surface area contributed by atoms with Gasteiger partial charge >= 0.3 is 5.97 Å². The van der Waals surface area contributed by atoms with E-state index in [9.17, 15) is 14.4 Å². The number of carbonyl (C=O) groups excluding carboxylic acids is 2. The van der Waals surface area contributed by atoms with E-state index in [0.29, 0.717) is 37.2 Å². The molecule has 2 N–H and O–H groups in total. The number of ether oxygens (including phenoxy) is 1. The third kappa shape index (κ3) is 4.07. The summed E-state index contributed by atoms with van der Waals surface area (Å²) in [4.78, 5) is 33.9. The first kappa shape index (κ1) is 16.0. The van der Waals surface area contributed by atoms with Crippen LogP contribution in [0.1, 0.15) is 43.0 Å². The lowest BCUT2D eigenvalue weighted by Crippen LogP contribution is -2.43. The molecule has 1 amide bonds. The number of aliphatic carboxylic acids is 1. The van der Waals surface area contributed by atoms with Crippen LogP contribution in [0.25, 0.3) is 0 Å². The fourth-order valence-corrected chi connectivity index (χ4v) is 2.07. The largest absolute Gasteiger partial charge is 0.494 e. The van der Waals surface area contributed by atoms with E-state index in [1.807, 2.05) is 0 Å². The molecule has 1 aromatic rings. The summed E-state index contributed by atoms with van der Waals surface area (Å²) in [5.74, 6) is -0.704. The van der Waals surface area contributed by atoms with E-state index >= 15 is 0 Å². The second-order valence-electron chi connectivity index (χ2n) is 5.47. The molecule has 1 aliphatic rings. The number of Topliss-reactive ketones (excluding diaryl/α,β-unsaturated/α-hetero) is 1. The molecule has 6 nitrogen and oxygen atoms in total. The molecule has 0 unspecified atom stereocenters. The van der Waals surface area contributed by atoms with Gasteiger partial charge in [0.2, 0.25) is 5.91 Å². The molecule has 118 valence electrons. The Bertz CT molecular complexity index is 592. The van der Waals surface area contributed by atoms with Crippen molar-refractivity contribution in [1.29, 1.82) is 0 Å². The van der Waals surface area contributed by atoms with Crippen LogP contribution in [0.3, 0.4) is 0 Å². The molecule has 0 radical (unpaired) electrons. The highest BCUT2D eigenvalue weighted by Gasteiger charge is 2.51. The van der Waals surface area contributed by atoms with Crippen molar-refractivity contribution in [3.63, 3.8) is 0 Å². The van der Waals surface area contributed by atoms with Crippen LogP contribution in [0, 0.1) is 0 Å². The first-order valence-corrected chi connectivity index (χ1v) is 7.21. The van der Waals surface area contributed by atoms with Crippen molar-refractivity contribution in [3.8, 4) is 5.75 Å². The highest BCUT2D eigenvalue weighted by atomic mass is 16.5. The van der Waals surface area contributed by atoms with Gasteiger partial charge in [-0.15, -0.1) is 0 Å². The molecule has 0 spiro atoms. The molecule has 0 bridgehead atoms. The van der Waals surface area contributed by atoms with Crippen molar-refractivity contribution in [2.24, 2.45) is 0 Å². The standard InChI is InChI=1S/C16H19NO5/c1-11(18)12-4-2-5-13(10-12)22-9-3-6-14(19)17-16(7-8-16)15(20)21/h2,4-5,10H,3,6-9H2,1H3,(H,17,19)(H,20,21). The van der Waals surface area contributed by atoms with Gasteiger partial charge in [0.05, 0.1) is 6.61 Å². The minimum Gasteiger partial charge on any atom is -0.494 e. The fraction of sp³-hybridized carbons (Fsp3) is 0.438. The Kier molecular flexibility index (Phi) is 4.80. The van der Waals surface area contributed by atoms with Gasteiger partial charge in [0.1, 0.15) is 11.3 Å². The lowest BCUT2D eigenvalue weighted by molar-refractivity contribution is -0.143. The zero-order chi connectivity index (χ0) is 16.2. The third-order valence-corrected chi connectivity index (χ3v) is 3.60. The summed E-state index contributed by atoms with van der Waals surface area (Å²) in [6.07, 6.45) is 1.66. The second kappa shape index (κ2) is 6.60. The van der Waals surface area contributed by atoms with Crippen molar-refractivity contribution in [1.82, 2.24) is 5.32 Å². The average Bonchev–Trinajstić information content (AvgIpc) is 3.25. The molecule has 0 saturated heterocycles. The van der Waals surface area contributed by atoms with Gasteiger partial charge in [-0.25, -0.2) is 4.79 Å². The normalized spacial score (nSPS) is 15.0. The van der Waals surface area contributed by atoms with E-state index in [1.54, 1.807) is 24.3 Å². The molecule has 1 fully saturated rings. The van der Waals surface area contributed by atoms with Gasteiger partial charge in [-0.05, 0) is 38.3 Å². The number of carboxylic acids is 1. The monoisotopic (exact) mass is 305 g/mol. The van der Waals surface area contributed by atoms with E-state index in [1.165, 1.54) is 6.92 Å². The van der Waals surface area contributed by atoms with Crippen LogP contribution in [0.15, 0.2) is 24.3 Å². The fourth-order valence-electron chi connectivity index (χ4n) is 2.07. The molecule has 0 aromatic heterocycles. The van der Waals surface area contributed by atoms with Gasteiger partial charge < -0.3 is 15.2 Å². The molecule has 1 aromatic carbocycles. The summed E-state index contributed by atoms with van der Waals surface area (Å²) in [6, 6.07) is 6.86. The van der Waals surface area contributed by atoms with Crippen LogP contribution < -0.4 is 10.1 Å². The molecule has 2 rings (SSSR count). The maximum Gasteiger partial charge on any atom is 0.329 e. The van der Waals surface area contributed by atoms with Crippen LogP contribution in [-0.2, 0) is 9.59 Å². The number of ketones is 1. The molecular weight excluding hydrogens is 286 g/mol. The highest BCUT2D eigenvalue weighted by molar-refractivity contribution is 5.94. The van der Waals surface area contributed by atoms with Gasteiger partial charge in [0.15, 0.2) is 5.78 Å². The van der Waals surface area contributed by atoms with E-state index in [-0.39, 0.29) is 18.1 Å². The van der Waals surface area contributed by atoms with Crippen LogP contribution in [-0.4, -0.2) is 34.9 Å². The molecule has 22 heavy (non-hydrogen) atoms. The lowest BCUT2D eigenvalue weighted by Gasteiger charge is -2.12. The second-order valence-corrected chi connectivity index (χ2v) is 5.47. The van der Waals surface area contributed by atoms with Crippen LogP contribution in [0.2, 0.25) is 0 Å². The summed E-state index contributed by atoms with van der Waals surface area (Å²) in [7, 11) is 0. The van der Waals surface area contributed by atoms with Gasteiger partial charge in [0.25, 0.3) is 0 Å². The summed E-state index contributed by atoms with van der Waals surface area (Å²) in [5, 5.41) is 11.5. The molecule has 1 saturated carbocycles.